The highest BCUT2D eigenvalue weighted by Crippen LogP contribution is 2.18. The second-order valence-corrected chi connectivity index (χ2v) is 7.10. The molecule has 1 amide bonds. The first-order valence-electron chi connectivity index (χ1n) is 8.41. The molecule has 0 aliphatic carbocycles. The van der Waals surface area contributed by atoms with Crippen LogP contribution in [0.2, 0.25) is 0 Å². The third-order valence-corrected chi connectivity index (χ3v) is 4.99. The first kappa shape index (κ1) is 16.9. The molecule has 0 unspecified atom stereocenters. The molecule has 0 spiro atoms. The average Bonchev–Trinajstić information content (AvgIpc) is 3.13. The molecule has 4 nitrogen and oxygen atoms in total. The summed E-state index contributed by atoms with van der Waals surface area (Å²) >= 11 is 1.53. The highest BCUT2D eigenvalue weighted by Gasteiger charge is 2.20. The predicted molar refractivity (Wildman–Crippen MR) is 98.6 cm³/mol. The van der Waals surface area contributed by atoms with E-state index in [1.54, 1.807) is 18.3 Å². The van der Waals surface area contributed by atoms with Gasteiger partial charge < -0.3 is 5.32 Å². The van der Waals surface area contributed by atoms with Gasteiger partial charge in [-0.2, -0.15) is 0 Å². The van der Waals surface area contributed by atoms with Gasteiger partial charge in [-0.3, -0.25) is 9.69 Å². The van der Waals surface area contributed by atoms with Crippen molar-refractivity contribution in [3.63, 3.8) is 0 Å². The SMILES string of the molecule is O=C(/C=C\c1nccs1)NC[C@@H]1CCCN(Cc2ccccc2)C1. The third-order valence-electron chi connectivity index (χ3n) is 4.25. The van der Waals surface area contributed by atoms with Crippen molar-refractivity contribution in [2.24, 2.45) is 5.92 Å². The second kappa shape index (κ2) is 8.76. The Labute approximate surface area is 147 Å². The molecule has 2 heterocycles. The van der Waals surface area contributed by atoms with Crippen molar-refractivity contribution in [3.8, 4) is 0 Å². The number of amides is 1. The standard InChI is InChI=1S/C19H23N3OS/c23-18(8-9-19-20-10-12-24-19)21-13-17-7-4-11-22(15-17)14-16-5-2-1-3-6-16/h1-3,5-6,8-10,12,17H,4,7,11,13-15H2,(H,21,23)/b9-8-/t17-/m0/s1. The summed E-state index contributed by atoms with van der Waals surface area (Å²) in [5.74, 6) is 0.491. The van der Waals surface area contributed by atoms with E-state index in [-0.39, 0.29) is 5.91 Å². The zero-order valence-electron chi connectivity index (χ0n) is 13.7. The number of aromatic nitrogens is 1. The molecule has 1 atom stereocenters. The normalized spacial score (nSPS) is 18.8. The summed E-state index contributed by atoms with van der Waals surface area (Å²) in [4.78, 5) is 18.5. The molecule has 5 heteroatoms. The number of benzene rings is 1. The summed E-state index contributed by atoms with van der Waals surface area (Å²) in [6.45, 7) is 3.93. The Bertz CT molecular complexity index is 655. The van der Waals surface area contributed by atoms with Crippen LogP contribution in [0.25, 0.3) is 6.08 Å². The van der Waals surface area contributed by atoms with E-state index >= 15 is 0 Å². The number of nitrogens with one attached hydrogen (secondary N) is 1. The smallest absolute Gasteiger partial charge is 0.244 e. The summed E-state index contributed by atoms with van der Waals surface area (Å²) in [6, 6.07) is 10.6. The zero-order valence-corrected chi connectivity index (χ0v) is 14.5. The van der Waals surface area contributed by atoms with E-state index in [1.165, 1.54) is 29.7 Å². The van der Waals surface area contributed by atoms with Crippen molar-refractivity contribution in [1.29, 1.82) is 0 Å². The van der Waals surface area contributed by atoms with Gasteiger partial charge in [-0.25, -0.2) is 4.98 Å². The van der Waals surface area contributed by atoms with Crippen LogP contribution in [0.5, 0.6) is 0 Å². The predicted octanol–water partition coefficient (Wildman–Crippen LogP) is 3.18. The largest absolute Gasteiger partial charge is 0.352 e. The van der Waals surface area contributed by atoms with Gasteiger partial charge in [0.05, 0.1) is 0 Å². The molecule has 1 saturated heterocycles. The van der Waals surface area contributed by atoms with Crippen molar-refractivity contribution in [1.82, 2.24) is 15.2 Å². The molecule has 1 aliphatic heterocycles. The number of thiazole rings is 1. The first-order valence-corrected chi connectivity index (χ1v) is 9.29. The minimum absolute atomic E-state index is 0.0367. The zero-order chi connectivity index (χ0) is 16.6. The van der Waals surface area contributed by atoms with Gasteiger partial charge in [0.15, 0.2) is 0 Å². The van der Waals surface area contributed by atoms with Crippen LogP contribution in [0, 0.1) is 5.92 Å². The molecule has 2 aromatic rings. The van der Waals surface area contributed by atoms with Gasteiger partial charge in [0.2, 0.25) is 5.91 Å². The molecule has 0 bridgehead atoms. The van der Waals surface area contributed by atoms with Crippen LogP contribution in [0.1, 0.15) is 23.4 Å². The second-order valence-electron chi connectivity index (χ2n) is 6.18. The maximum absolute atomic E-state index is 11.9. The van der Waals surface area contributed by atoms with Crippen LogP contribution in [-0.4, -0.2) is 35.4 Å². The van der Waals surface area contributed by atoms with E-state index in [0.717, 1.165) is 31.2 Å². The number of nitrogens with zero attached hydrogens (tertiary/aromatic N) is 2. The Morgan fingerprint density at radius 3 is 3.04 bits per heavy atom. The minimum Gasteiger partial charge on any atom is -0.352 e. The highest BCUT2D eigenvalue weighted by atomic mass is 32.1. The number of rotatable bonds is 6. The van der Waals surface area contributed by atoms with Gasteiger partial charge in [0.25, 0.3) is 0 Å². The number of carbonyl (C=O) groups excluding carboxylic acids is 1. The van der Waals surface area contributed by atoms with E-state index in [9.17, 15) is 4.79 Å². The summed E-state index contributed by atoms with van der Waals surface area (Å²) in [6.07, 6.45) is 7.46. The summed E-state index contributed by atoms with van der Waals surface area (Å²) in [7, 11) is 0. The van der Waals surface area contributed by atoms with E-state index in [2.05, 4.69) is 45.5 Å². The fraction of sp³-hybridized carbons (Fsp3) is 0.368. The van der Waals surface area contributed by atoms with Gasteiger partial charge in [-0.15, -0.1) is 11.3 Å². The van der Waals surface area contributed by atoms with Gasteiger partial charge in [0.1, 0.15) is 5.01 Å². The molecular formula is C19H23N3OS. The summed E-state index contributed by atoms with van der Waals surface area (Å²) < 4.78 is 0. The fourth-order valence-corrected chi connectivity index (χ4v) is 3.60. The molecule has 1 N–H and O–H groups in total. The van der Waals surface area contributed by atoms with Gasteiger partial charge in [0, 0.05) is 37.3 Å². The Balaban J connectivity index is 1.43. The Kier molecular flexibility index (Phi) is 6.15. The molecule has 24 heavy (non-hydrogen) atoms. The quantitative estimate of drug-likeness (QED) is 0.821. The maximum Gasteiger partial charge on any atom is 0.244 e. The van der Waals surface area contributed by atoms with Crippen molar-refractivity contribution < 1.29 is 4.79 Å². The summed E-state index contributed by atoms with van der Waals surface area (Å²) in [5, 5.41) is 5.79. The van der Waals surface area contributed by atoms with Crippen molar-refractivity contribution in [2.75, 3.05) is 19.6 Å². The molecule has 0 saturated carbocycles. The van der Waals surface area contributed by atoms with Crippen LogP contribution in [0.15, 0.2) is 48.0 Å². The van der Waals surface area contributed by atoms with E-state index < -0.39 is 0 Å². The number of likely N-dealkylation sites (tertiary alicyclic amines) is 1. The van der Waals surface area contributed by atoms with Crippen molar-refractivity contribution in [2.45, 2.75) is 19.4 Å². The maximum atomic E-state index is 11.9. The minimum atomic E-state index is -0.0367. The van der Waals surface area contributed by atoms with Crippen LogP contribution < -0.4 is 5.32 Å². The van der Waals surface area contributed by atoms with Gasteiger partial charge in [-0.05, 0) is 36.9 Å². The molecular weight excluding hydrogens is 318 g/mol. The number of piperidine rings is 1. The molecule has 1 aliphatic rings. The lowest BCUT2D eigenvalue weighted by Gasteiger charge is -2.32. The molecule has 1 aromatic carbocycles. The Morgan fingerprint density at radius 2 is 2.25 bits per heavy atom. The number of hydrogen-bond donors (Lipinski definition) is 1. The van der Waals surface area contributed by atoms with Crippen LogP contribution in [0.3, 0.4) is 0 Å². The summed E-state index contributed by atoms with van der Waals surface area (Å²) in [5.41, 5.74) is 1.36. The molecule has 126 valence electrons. The topological polar surface area (TPSA) is 45.2 Å². The van der Waals surface area contributed by atoms with E-state index in [0.29, 0.717) is 5.92 Å². The number of carbonyl (C=O) groups is 1. The van der Waals surface area contributed by atoms with Gasteiger partial charge >= 0.3 is 0 Å². The monoisotopic (exact) mass is 341 g/mol. The van der Waals surface area contributed by atoms with Crippen LogP contribution in [-0.2, 0) is 11.3 Å². The van der Waals surface area contributed by atoms with Crippen LogP contribution >= 0.6 is 11.3 Å². The Morgan fingerprint density at radius 1 is 1.38 bits per heavy atom. The van der Waals surface area contributed by atoms with Crippen molar-refractivity contribution in [3.05, 3.63) is 58.6 Å². The van der Waals surface area contributed by atoms with Gasteiger partial charge in [-0.1, -0.05) is 30.3 Å². The Hall–Kier alpha value is -1.98. The van der Waals surface area contributed by atoms with E-state index in [4.69, 9.17) is 0 Å². The average molecular weight is 341 g/mol. The first-order chi connectivity index (χ1) is 11.8. The third kappa shape index (κ3) is 5.28. The highest BCUT2D eigenvalue weighted by molar-refractivity contribution is 7.10. The number of hydrogen-bond acceptors (Lipinski definition) is 4. The lowest BCUT2D eigenvalue weighted by molar-refractivity contribution is -0.116. The molecule has 1 aromatic heterocycles. The molecule has 0 radical (unpaired) electrons. The lowest BCUT2D eigenvalue weighted by Crippen LogP contribution is -2.40. The van der Waals surface area contributed by atoms with E-state index in [1.807, 2.05) is 5.38 Å². The van der Waals surface area contributed by atoms with Crippen LogP contribution in [0.4, 0.5) is 0 Å². The molecule has 3 rings (SSSR count). The lowest BCUT2D eigenvalue weighted by atomic mass is 9.97. The van der Waals surface area contributed by atoms with Crippen molar-refractivity contribution >= 4 is 23.3 Å². The molecule has 1 fully saturated rings. The fourth-order valence-electron chi connectivity index (χ4n) is 3.07.